The quantitative estimate of drug-likeness (QED) is 0.547. The second-order valence-electron chi connectivity index (χ2n) is 5.17. The fourth-order valence-electron chi connectivity index (χ4n) is 2.24. The molecule has 1 rings (SSSR count). The minimum Gasteiger partial charge on any atom is -0.491 e. The van der Waals surface area contributed by atoms with Gasteiger partial charge in [0.15, 0.2) is 0 Å². The van der Waals surface area contributed by atoms with E-state index in [1.807, 2.05) is 0 Å². The number of halogens is 3. The zero-order chi connectivity index (χ0) is 18.5. The van der Waals surface area contributed by atoms with Crippen LogP contribution in [-0.4, -0.2) is 32.1 Å². The molecule has 4 N–H and O–H groups in total. The number of nitrogens with two attached hydrogens (primary N) is 2. The third-order valence-corrected chi connectivity index (χ3v) is 3.49. The first-order valence-corrected chi connectivity index (χ1v) is 7.01. The Balaban J connectivity index is 3.22. The molecular formula is C15H19F3N2O4. The Morgan fingerprint density at radius 2 is 1.75 bits per heavy atom. The number of amides is 2. The van der Waals surface area contributed by atoms with Crippen molar-refractivity contribution in [3.8, 4) is 5.75 Å². The largest absolute Gasteiger partial charge is 0.491 e. The zero-order valence-corrected chi connectivity index (χ0v) is 13.2. The molecule has 134 valence electrons. The highest BCUT2D eigenvalue weighted by Crippen LogP contribution is 2.39. The molecule has 2 amide bonds. The van der Waals surface area contributed by atoms with Crippen molar-refractivity contribution in [1.29, 1.82) is 0 Å². The zero-order valence-electron chi connectivity index (χ0n) is 13.2. The van der Waals surface area contributed by atoms with Gasteiger partial charge in [-0.25, -0.2) is 0 Å². The Morgan fingerprint density at radius 1 is 1.17 bits per heavy atom. The standard InChI is InChI=1S/C15H19F3N2O4/c1-8(12(13(19)21)14(20)22)9-3-4-11(24-6-5-23-2)10(7-9)15(16,17)18/h3-4,7-8,12H,5-6H2,1-2H3,(H2,19,21)(H2,20,22)/t8-/m1/s1. The summed E-state index contributed by atoms with van der Waals surface area (Å²) < 4.78 is 49.5. The second kappa shape index (κ2) is 8.00. The maximum Gasteiger partial charge on any atom is 0.419 e. The van der Waals surface area contributed by atoms with Gasteiger partial charge in [-0.1, -0.05) is 13.0 Å². The summed E-state index contributed by atoms with van der Waals surface area (Å²) in [5, 5.41) is 0. The van der Waals surface area contributed by atoms with E-state index < -0.39 is 35.4 Å². The van der Waals surface area contributed by atoms with E-state index in [4.69, 9.17) is 20.9 Å². The van der Waals surface area contributed by atoms with Crippen molar-refractivity contribution >= 4 is 11.8 Å². The summed E-state index contributed by atoms with van der Waals surface area (Å²) in [5.41, 5.74) is 9.30. The highest BCUT2D eigenvalue weighted by atomic mass is 19.4. The number of ether oxygens (including phenoxy) is 2. The molecule has 0 aliphatic carbocycles. The topological polar surface area (TPSA) is 105 Å². The van der Waals surface area contributed by atoms with Crippen molar-refractivity contribution in [3.63, 3.8) is 0 Å². The van der Waals surface area contributed by atoms with E-state index >= 15 is 0 Å². The summed E-state index contributed by atoms with van der Waals surface area (Å²) in [4.78, 5) is 22.7. The van der Waals surface area contributed by atoms with Crippen LogP contribution in [0.15, 0.2) is 18.2 Å². The van der Waals surface area contributed by atoms with Gasteiger partial charge in [-0.05, 0) is 17.7 Å². The maximum atomic E-state index is 13.2. The number of methoxy groups -OCH3 is 1. The molecule has 1 aromatic carbocycles. The summed E-state index contributed by atoms with van der Waals surface area (Å²) in [7, 11) is 1.40. The predicted molar refractivity (Wildman–Crippen MR) is 79.1 cm³/mol. The molecule has 1 atom stereocenters. The van der Waals surface area contributed by atoms with Crippen LogP contribution in [0.1, 0.15) is 24.0 Å². The van der Waals surface area contributed by atoms with Gasteiger partial charge in [-0.2, -0.15) is 13.2 Å². The average molecular weight is 348 g/mol. The van der Waals surface area contributed by atoms with Gasteiger partial charge in [-0.3, -0.25) is 9.59 Å². The summed E-state index contributed by atoms with van der Waals surface area (Å²) in [6.07, 6.45) is -4.67. The first-order chi connectivity index (χ1) is 11.1. The maximum absolute atomic E-state index is 13.2. The Bertz CT molecular complexity index is 591. The normalized spacial score (nSPS) is 12.9. The second-order valence-corrected chi connectivity index (χ2v) is 5.17. The molecule has 0 aromatic heterocycles. The third kappa shape index (κ3) is 4.85. The van der Waals surface area contributed by atoms with Gasteiger partial charge in [0, 0.05) is 13.0 Å². The van der Waals surface area contributed by atoms with Crippen LogP contribution in [0.25, 0.3) is 0 Å². The van der Waals surface area contributed by atoms with Crippen LogP contribution in [0.2, 0.25) is 0 Å². The lowest BCUT2D eigenvalue weighted by Crippen LogP contribution is -2.38. The van der Waals surface area contributed by atoms with Gasteiger partial charge in [0.05, 0.1) is 12.2 Å². The molecule has 0 radical (unpaired) electrons. The number of benzene rings is 1. The monoisotopic (exact) mass is 348 g/mol. The highest BCUT2D eigenvalue weighted by molar-refractivity contribution is 5.99. The van der Waals surface area contributed by atoms with Gasteiger partial charge >= 0.3 is 6.18 Å². The number of hydrogen-bond donors (Lipinski definition) is 2. The SMILES string of the molecule is COCCOc1ccc([C@@H](C)C(C(N)=O)C(N)=O)cc1C(F)(F)F. The van der Waals surface area contributed by atoms with E-state index in [0.717, 1.165) is 12.1 Å². The van der Waals surface area contributed by atoms with Gasteiger partial charge in [-0.15, -0.1) is 0 Å². The van der Waals surface area contributed by atoms with E-state index in [9.17, 15) is 22.8 Å². The minimum absolute atomic E-state index is 0.0559. The van der Waals surface area contributed by atoms with Crippen LogP contribution in [-0.2, 0) is 20.5 Å². The molecule has 0 unspecified atom stereocenters. The molecule has 0 aliphatic rings. The number of carbonyl (C=O) groups excluding carboxylic acids is 2. The van der Waals surface area contributed by atoms with Crippen LogP contribution in [0, 0.1) is 5.92 Å². The van der Waals surface area contributed by atoms with E-state index in [0.29, 0.717) is 0 Å². The first-order valence-electron chi connectivity index (χ1n) is 7.01. The van der Waals surface area contributed by atoms with E-state index in [1.54, 1.807) is 0 Å². The van der Waals surface area contributed by atoms with Crippen LogP contribution in [0.3, 0.4) is 0 Å². The van der Waals surface area contributed by atoms with E-state index in [-0.39, 0.29) is 24.5 Å². The van der Waals surface area contributed by atoms with E-state index in [1.165, 1.54) is 20.1 Å². The smallest absolute Gasteiger partial charge is 0.419 e. The van der Waals surface area contributed by atoms with Gasteiger partial charge in [0.2, 0.25) is 11.8 Å². The summed E-state index contributed by atoms with van der Waals surface area (Å²) in [6, 6.07) is 3.29. The number of carbonyl (C=O) groups is 2. The Labute approximate surface area is 136 Å². The van der Waals surface area contributed by atoms with Crippen LogP contribution < -0.4 is 16.2 Å². The summed E-state index contributed by atoms with van der Waals surface area (Å²) in [5.74, 6) is -4.68. The lowest BCUT2D eigenvalue weighted by Gasteiger charge is -2.21. The molecule has 0 saturated heterocycles. The lowest BCUT2D eigenvalue weighted by atomic mass is 9.85. The van der Waals surface area contributed by atoms with Crippen molar-refractivity contribution < 1.29 is 32.2 Å². The highest BCUT2D eigenvalue weighted by Gasteiger charge is 2.36. The van der Waals surface area contributed by atoms with E-state index in [2.05, 4.69) is 0 Å². The molecule has 0 bridgehead atoms. The first kappa shape index (κ1) is 19.8. The number of primary amides is 2. The molecule has 0 saturated carbocycles. The van der Waals surface area contributed by atoms with Crippen LogP contribution in [0.5, 0.6) is 5.75 Å². The average Bonchev–Trinajstić information content (AvgIpc) is 2.45. The molecule has 0 heterocycles. The Hall–Kier alpha value is -2.29. The molecule has 0 spiro atoms. The lowest BCUT2D eigenvalue weighted by molar-refractivity contribution is -0.139. The molecule has 1 aromatic rings. The predicted octanol–water partition coefficient (Wildman–Crippen LogP) is 1.42. The van der Waals surface area contributed by atoms with Crippen molar-refractivity contribution in [2.24, 2.45) is 17.4 Å². The fraction of sp³-hybridized carbons (Fsp3) is 0.467. The van der Waals surface area contributed by atoms with Crippen LogP contribution in [0.4, 0.5) is 13.2 Å². The van der Waals surface area contributed by atoms with Crippen molar-refractivity contribution in [2.75, 3.05) is 20.3 Å². The molecule has 24 heavy (non-hydrogen) atoms. The molecule has 9 heteroatoms. The number of hydrogen-bond acceptors (Lipinski definition) is 4. The molecule has 0 aliphatic heterocycles. The minimum atomic E-state index is -4.67. The van der Waals surface area contributed by atoms with Gasteiger partial charge in [0.1, 0.15) is 18.3 Å². The summed E-state index contributed by atoms with van der Waals surface area (Å²) >= 11 is 0. The molecular weight excluding hydrogens is 329 g/mol. The van der Waals surface area contributed by atoms with Gasteiger partial charge in [0.25, 0.3) is 0 Å². The summed E-state index contributed by atoms with van der Waals surface area (Å²) in [6.45, 7) is 1.47. The van der Waals surface area contributed by atoms with Crippen molar-refractivity contribution in [1.82, 2.24) is 0 Å². The number of alkyl halides is 3. The number of rotatable bonds is 8. The Morgan fingerprint density at radius 3 is 2.21 bits per heavy atom. The molecule has 0 fully saturated rings. The molecule has 6 nitrogen and oxygen atoms in total. The Kier molecular flexibility index (Phi) is 6.59. The van der Waals surface area contributed by atoms with Crippen molar-refractivity contribution in [3.05, 3.63) is 29.3 Å². The third-order valence-electron chi connectivity index (χ3n) is 3.49. The fourth-order valence-corrected chi connectivity index (χ4v) is 2.24. The van der Waals surface area contributed by atoms with Crippen LogP contribution >= 0.6 is 0 Å². The van der Waals surface area contributed by atoms with Gasteiger partial charge < -0.3 is 20.9 Å². The van der Waals surface area contributed by atoms with Crippen molar-refractivity contribution in [2.45, 2.75) is 19.0 Å².